The molecule has 2 heterocycles. The number of allylic oxidation sites excluding steroid dienone is 1. The van der Waals surface area contributed by atoms with Crippen molar-refractivity contribution in [3.8, 4) is 17.3 Å². The molecular formula is C28H29N3O3S2. The standard InChI is InChI=1S/C28H29N3O3S2/c1-4-34-28(33)24-17(2)25(18(3)32)36-27(24)30-15-22(14-29)26-31-23(16-35-26)21-12-10-20(11-13-21)19-8-6-5-7-9-19/h10-13,15-16,19,30H,4-9H2,1-3H3/b22-15-. The van der Waals surface area contributed by atoms with Crippen LogP contribution >= 0.6 is 22.7 Å². The largest absolute Gasteiger partial charge is 0.462 e. The molecule has 2 aromatic heterocycles. The van der Waals surface area contributed by atoms with Crippen LogP contribution < -0.4 is 5.32 Å². The summed E-state index contributed by atoms with van der Waals surface area (Å²) in [5.41, 5.74) is 4.47. The van der Waals surface area contributed by atoms with Crippen molar-refractivity contribution in [1.29, 1.82) is 5.26 Å². The van der Waals surface area contributed by atoms with Crippen LogP contribution in [-0.2, 0) is 4.74 Å². The first kappa shape index (κ1) is 25.8. The predicted octanol–water partition coefficient (Wildman–Crippen LogP) is 7.58. The average molecular weight is 520 g/mol. The van der Waals surface area contributed by atoms with Gasteiger partial charge in [-0.3, -0.25) is 4.79 Å². The lowest BCUT2D eigenvalue weighted by atomic mass is 9.84. The molecule has 6 nitrogen and oxygen atoms in total. The number of benzene rings is 1. The molecule has 1 aliphatic carbocycles. The molecule has 36 heavy (non-hydrogen) atoms. The molecule has 1 aliphatic rings. The number of anilines is 1. The molecule has 1 N–H and O–H groups in total. The fourth-order valence-electron chi connectivity index (χ4n) is 4.57. The third-order valence-electron chi connectivity index (χ3n) is 6.43. The number of esters is 1. The van der Waals surface area contributed by atoms with Gasteiger partial charge >= 0.3 is 5.97 Å². The first-order chi connectivity index (χ1) is 17.4. The summed E-state index contributed by atoms with van der Waals surface area (Å²) in [6.45, 7) is 5.15. The lowest BCUT2D eigenvalue weighted by molar-refractivity contribution is 0.0527. The minimum absolute atomic E-state index is 0.125. The Labute approximate surface area is 219 Å². The summed E-state index contributed by atoms with van der Waals surface area (Å²) in [7, 11) is 0. The highest BCUT2D eigenvalue weighted by Gasteiger charge is 2.24. The quantitative estimate of drug-likeness (QED) is 0.187. The summed E-state index contributed by atoms with van der Waals surface area (Å²) in [5.74, 6) is 0.0305. The maximum absolute atomic E-state index is 12.5. The molecule has 0 atom stereocenters. The molecule has 3 aromatic rings. The molecule has 0 radical (unpaired) electrons. The number of thiophene rings is 1. The molecule has 4 rings (SSSR count). The minimum atomic E-state index is -0.499. The van der Waals surface area contributed by atoms with Crippen molar-refractivity contribution in [1.82, 2.24) is 4.98 Å². The highest BCUT2D eigenvalue weighted by atomic mass is 32.1. The van der Waals surface area contributed by atoms with Crippen molar-refractivity contribution in [3.63, 3.8) is 0 Å². The second kappa shape index (κ2) is 11.6. The van der Waals surface area contributed by atoms with E-state index in [9.17, 15) is 14.9 Å². The summed E-state index contributed by atoms with van der Waals surface area (Å²) >= 11 is 2.57. The number of thiazole rings is 1. The maximum Gasteiger partial charge on any atom is 0.341 e. The molecule has 1 aromatic carbocycles. The van der Waals surface area contributed by atoms with Gasteiger partial charge < -0.3 is 10.1 Å². The van der Waals surface area contributed by atoms with Crippen molar-refractivity contribution in [2.75, 3.05) is 11.9 Å². The van der Waals surface area contributed by atoms with E-state index in [1.165, 1.54) is 73.5 Å². The van der Waals surface area contributed by atoms with E-state index in [0.717, 1.165) is 11.3 Å². The zero-order valence-corrected chi connectivity index (χ0v) is 22.4. The topological polar surface area (TPSA) is 92.1 Å². The Balaban J connectivity index is 1.55. The van der Waals surface area contributed by atoms with Gasteiger partial charge in [-0.2, -0.15) is 5.26 Å². The first-order valence-electron chi connectivity index (χ1n) is 12.2. The summed E-state index contributed by atoms with van der Waals surface area (Å²) in [6.07, 6.45) is 8.02. The molecule has 0 amide bonds. The van der Waals surface area contributed by atoms with Crippen LogP contribution in [0.2, 0.25) is 0 Å². The Bertz CT molecular complexity index is 1320. The summed E-state index contributed by atoms with van der Waals surface area (Å²) in [4.78, 5) is 29.7. The Morgan fingerprint density at radius 3 is 2.58 bits per heavy atom. The van der Waals surface area contributed by atoms with E-state index < -0.39 is 5.97 Å². The molecule has 186 valence electrons. The zero-order chi connectivity index (χ0) is 25.7. The number of rotatable bonds is 8. The SMILES string of the molecule is CCOC(=O)c1c(N/C=C(/C#N)c2nc(-c3ccc(C4CCCCC4)cc3)cs2)sc(C(C)=O)c1C. The van der Waals surface area contributed by atoms with E-state index in [0.29, 0.717) is 37.5 Å². The van der Waals surface area contributed by atoms with E-state index in [2.05, 4.69) is 40.6 Å². The number of carbonyl (C=O) groups is 2. The van der Waals surface area contributed by atoms with Gasteiger partial charge in [-0.05, 0) is 50.7 Å². The number of aromatic nitrogens is 1. The second-order valence-corrected chi connectivity index (χ2v) is 10.7. The lowest BCUT2D eigenvalue weighted by Crippen LogP contribution is -2.08. The Morgan fingerprint density at radius 2 is 1.94 bits per heavy atom. The zero-order valence-electron chi connectivity index (χ0n) is 20.7. The van der Waals surface area contributed by atoms with Gasteiger partial charge in [0, 0.05) is 17.1 Å². The lowest BCUT2D eigenvalue weighted by Gasteiger charge is -2.22. The fraction of sp³-hybridized carbons (Fsp3) is 0.357. The molecule has 1 fully saturated rings. The summed E-state index contributed by atoms with van der Waals surface area (Å²) in [5, 5.41) is 15.9. The number of hydrogen-bond donors (Lipinski definition) is 1. The van der Waals surface area contributed by atoms with Gasteiger partial charge in [0.2, 0.25) is 0 Å². The molecule has 0 aliphatic heterocycles. The van der Waals surface area contributed by atoms with Gasteiger partial charge in [-0.25, -0.2) is 9.78 Å². The number of Topliss-reactive ketones (excluding diaryl/α,β-unsaturated/α-hetero) is 1. The molecule has 0 unspecified atom stereocenters. The molecule has 0 saturated heterocycles. The number of hydrogen-bond acceptors (Lipinski definition) is 8. The molecule has 0 bridgehead atoms. The molecule has 1 saturated carbocycles. The third-order valence-corrected chi connectivity index (χ3v) is 8.63. The van der Waals surface area contributed by atoms with Gasteiger partial charge in [0.15, 0.2) is 5.78 Å². The maximum atomic E-state index is 12.5. The Kier molecular flexibility index (Phi) is 8.34. The van der Waals surface area contributed by atoms with Crippen molar-refractivity contribution in [3.05, 3.63) is 62.4 Å². The van der Waals surface area contributed by atoms with E-state index in [1.807, 2.05) is 5.38 Å². The van der Waals surface area contributed by atoms with Crippen LogP contribution in [0, 0.1) is 18.3 Å². The van der Waals surface area contributed by atoms with Crippen molar-refractivity contribution >= 4 is 45.0 Å². The molecule has 8 heteroatoms. The number of nitriles is 1. The van der Waals surface area contributed by atoms with Crippen LogP contribution in [0.4, 0.5) is 5.00 Å². The second-order valence-electron chi connectivity index (χ2n) is 8.85. The van der Waals surface area contributed by atoms with E-state index in [4.69, 9.17) is 4.74 Å². The highest BCUT2D eigenvalue weighted by molar-refractivity contribution is 7.18. The molecular weight excluding hydrogens is 490 g/mol. The monoisotopic (exact) mass is 519 g/mol. The van der Waals surface area contributed by atoms with Crippen molar-refractivity contribution in [2.45, 2.75) is 58.8 Å². The number of carbonyl (C=O) groups excluding carboxylic acids is 2. The van der Waals surface area contributed by atoms with Crippen LogP contribution in [0.25, 0.3) is 16.8 Å². The van der Waals surface area contributed by atoms with E-state index in [-0.39, 0.29) is 12.4 Å². The number of nitrogens with zero attached hydrogens (tertiary/aromatic N) is 2. The van der Waals surface area contributed by atoms with Gasteiger partial charge in [0.1, 0.15) is 21.7 Å². The van der Waals surface area contributed by atoms with Crippen molar-refractivity contribution < 1.29 is 14.3 Å². The van der Waals surface area contributed by atoms with Crippen LogP contribution in [-0.4, -0.2) is 23.3 Å². The Hall–Kier alpha value is -3.28. The van der Waals surface area contributed by atoms with Gasteiger partial charge in [0.05, 0.1) is 22.7 Å². The minimum Gasteiger partial charge on any atom is -0.462 e. The highest BCUT2D eigenvalue weighted by Crippen LogP contribution is 2.36. The number of ether oxygens (including phenoxy) is 1. The summed E-state index contributed by atoms with van der Waals surface area (Å²) < 4.78 is 5.18. The van der Waals surface area contributed by atoms with Gasteiger partial charge in [-0.1, -0.05) is 43.5 Å². The van der Waals surface area contributed by atoms with Crippen LogP contribution in [0.3, 0.4) is 0 Å². The number of ketones is 1. The van der Waals surface area contributed by atoms with Crippen molar-refractivity contribution in [2.24, 2.45) is 0 Å². The fourth-order valence-corrected chi connectivity index (χ4v) is 6.43. The van der Waals surface area contributed by atoms with Crippen LogP contribution in [0.5, 0.6) is 0 Å². The Morgan fingerprint density at radius 1 is 1.22 bits per heavy atom. The van der Waals surface area contributed by atoms with Gasteiger partial charge in [-0.15, -0.1) is 22.7 Å². The average Bonchev–Trinajstić information content (AvgIpc) is 3.50. The smallest absolute Gasteiger partial charge is 0.341 e. The third kappa shape index (κ3) is 5.58. The van der Waals surface area contributed by atoms with Crippen LogP contribution in [0.15, 0.2) is 35.8 Å². The molecule has 0 spiro atoms. The van der Waals surface area contributed by atoms with E-state index in [1.54, 1.807) is 13.8 Å². The normalized spacial score (nSPS) is 14.3. The summed E-state index contributed by atoms with van der Waals surface area (Å²) in [6, 6.07) is 10.8. The van der Waals surface area contributed by atoms with E-state index >= 15 is 0 Å². The first-order valence-corrected chi connectivity index (χ1v) is 13.9. The predicted molar refractivity (Wildman–Crippen MR) is 146 cm³/mol. The van der Waals surface area contributed by atoms with Crippen LogP contribution in [0.1, 0.15) is 88.0 Å². The van der Waals surface area contributed by atoms with Gasteiger partial charge in [0.25, 0.3) is 0 Å². The number of nitrogens with one attached hydrogen (secondary N) is 1.